The van der Waals surface area contributed by atoms with Crippen molar-refractivity contribution in [1.29, 1.82) is 0 Å². The van der Waals surface area contributed by atoms with E-state index in [2.05, 4.69) is 0 Å². The molecule has 0 saturated carbocycles. The average Bonchev–Trinajstić information content (AvgIpc) is 2.29. The molecule has 0 amide bonds. The van der Waals surface area contributed by atoms with Gasteiger partial charge in [0.1, 0.15) is 6.10 Å². The normalized spacial score (nSPS) is 14.1. The Morgan fingerprint density at radius 2 is 2.12 bits per heavy atom. The topological polar surface area (TPSA) is 92.8 Å². The highest BCUT2D eigenvalue weighted by Gasteiger charge is 2.19. The maximum Gasteiger partial charge on any atom is 0.311 e. The number of rotatable bonds is 5. The van der Waals surface area contributed by atoms with Crippen LogP contribution in [0.4, 0.5) is 5.69 Å². The molecule has 0 saturated heterocycles. The van der Waals surface area contributed by atoms with E-state index in [0.29, 0.717) is 5.56 Å². The summed E-state index contributed by atoms with van der Waals surface area (Å²) in [6.07, 6.45) is -1.28. The molecular weight excluding hydrogens is 226 g/mol. The average molecular weight is 241 g/mol. The molecule has 0 radical (unpaired) electrons. The molecule has 2 atom stereocenters. The third-order valence-corrected chi connectivity index (χ3v) is 2.39. The van der Waals surface area contributed by atoms with Crippen LogP contribution in [0.5, 0.6) is 5.75 Å². The molecular formula is C11H15NO5. The number of benzene rings is 1. The SMILES string of the molecule is CC(O)C(C)Oc1ccc(CO)cc1[N+](=O)[O-]. The van der Waals surface area contributed by atoms with Crippen LogP contribution in [0.3, 0.4) is 0 Å². The Hall–Kier alpha value is -1.66. The van der Waals surface area contributed by atoms with Crippen LogP contribution >= 0.6 is 0 Å². The summed E-state index contributed by atoms with van der Waals surface area (Å²) >= 11 is 0. The van der Waals surface area contributed by atoms with Crippen LogP contribution in [0.15, 0.2) is 18.2 Å². The molecule has 0 aliphatic carbocycles. The Balaban J connectivity index is 3.02. The van der Waals surface area contributed by atoms with Gasteiger partial charge < -0.3 is 14.9 Å². The lowest BCUT2D eigenvalue weighted by molar-refractivity contribution is -0.386. The maximum atomic E-state index is 10.8. The first kappa shape index (κ1) is 13.4. The van der Waals surface area contributed by atoms with Gasteiger partial charge in [0.2, 0.25) is 0 Å². The molecule has 1 aromatic carbocycles. The van der Waals surface area contributed by atoms with E-state index in [1.807, 2.05) is 0 Å². The van der Waals surface area contributed by atoms with E-state index in [4.69, 9.17) is 9.84 Å². The number of nitro benzene ring substituents is 1. The van der Waals surface area contributed by atoms with Crippen molar-refractivity contribution in [3.63, 3.8) is 0 Å². The van der Waals surface area contributed by atoms with Crippen LogP contribution in [0, 0.1) is 10.1 Å². The summed E-state index contributed by atoms with van der Waals surface area (Å²) in [7, 11) is 0. The number of aliphatic hydroxyl groups is 2. The van der Waals surface area contributed by atoms with Crippen LogP contribution in [-0.4, -0.2) is 27.3 Å². The monoisotopic (exact) mass is 241 g/mol. The van der Waals surface area contributed by atoms with Gasteiger partial charge in [-0.3, -0.25) is 10.1 Å². The molecule has 17 heavy (non-hydrogen) atoms. The predicted octanol–water partition coefficient (Wildman–Crippen LogP) is 1.24. The van der Waals surface area contributed by atoms with E-state index >= 15 is 0 Å². The van der Waals surface area contributed by atoms with E-state index in [9.17, 15) is 15.2 Å². The fourth-order valence-electron chi connectivity index (χ4n) is 1.20. The van der Waals surface area contributed by atoms with Crippen molar-refractivity contribution in [2.45, 2.75) is 32.7 Å². The minimum Gasteiger partial charge on any atom is -0.481 e. The summed E-state index contributed by atoms with van der Waals surface area (Å²) in [5, 5.41) is 29.0. The van der Waals surface area contributed by atoms with Gasteiger partial charge in [-0.15, -0.1) is 0 Å². The Morgan fingerprint density at radius 3 is 2.59 bits per heavy atom. The Morgan fingerprint density at radius 1 is 1.47 bits per heavy atom. The number of hydrogen-bond acceptors (Lipinski definition) is 5. The predicted molar refractivity (Wildman–Crippen MR) is 60.8 cm³/mol. The zero-order valence-corrected chi connectivity index (χ0v) is 9.66. The first-order valence-corrected chi connectivity index (χ1v) is 5.18. The summed E-state index contributed by atoms with van der Waals surface area (Å²) < 4.78 is 5.29. The molecule has 0 fully saturated rings. The third kappa shape index (κ3) is 3.40. The smallest absolute Gasteiger partial charge is 0.311 e. The molecule has 6 nitrogen and oxygen atoms in total. The summed E-state index contributed by atoms with van der Waals surface area (Å²) in [6.45, 7) is 2.89. The number of ether oxygens (including phenoxy) is 1. The first-order valence-electron chi connectivity index (χ1n) is 5.18. The van der Waals surface area contributed by atoms with Crippen molar-refractivity contribution in [2.24, 2.45) is 0 Å². The quantitative estimate of drug-likeness (QED) is 0.597. The molecule has 0 spiro atoms. The highest BCUT2D eigenvalue weighted by Crippen LogP contribution is 2.29. The van der Waals surface area contributed by atoms with Crippen LogP contribution in [0.1, 0.15) is 19.4 Å². The van der Waals surface area contributed by atoms with Gasteiger partial charge in [0.05, 0.1) is 17.6 Å². The molecule has 2 N–H and O–H groups in total. The molecule has 0 heterocycles. The second-order valence-electron chi connectivity index (χ2n) is 3.78. The molecule has 6 heteroatoms. The Labute approximate surface area is 98.6 Å². The largest absolute Gasteiger partial charge is 0.481 e. The van der Waals surface area contributed by atoms with Crippen molar-refractivity contribution in [3.05, 3.63) is 33.9 Å². The Kier molecular flexibility index (Phi) is 4.42. The minimum atomic E-state index is -0.730. The van der Waals surface area contributed by atoms with Gasteiger partial charge in [0, 0.05) is 6.07 Å². The molecule has 0 aliphatic rings. The summed E-state index contributed by atoms with van der Waals surface area (Å²) in [6, 6.07) is 4.21. The van der Waals surface area contributed by atoms with Gasteiger partial charge in [-0.2, -0.15) is 0 Å². The second-order valence-corrected chi connectivity index (χ2v) is 3.78. The summed E-state index contributed by atoms with van der Waals surface area (Å²) in [4.78, 5) is 10.2. The Bertz CT molecular complexity index is 405. The molecule has 0 aliphatic heterocycles. The molecule has 1 rings (SSSR count). The van der Waals surface area contributed by atoms with Crippen LogP contribution in [0.2, 0.25) is 0 Å². The zero-order valence-electron chi connectivity index (χ0n) is 9.66. The standard InChI is InChI=1S/C11H15NO5/c1-7(14)8(2)17-11-4-3-9(6-13)5-10(11)12(15)16/h3-5,7-8,13-14H,6H2,1-2H3. The van der Waals surface area contributed by atoms with Gasteiger partial charge in [-0.25, -0.2) is 0 Å². The highest BCUT2D eigenvalue weighted by atomic mass is 16.6. The van der Waals surface area contributed by atoms with Crippen molar-refractivity contribution < 1.29 is 19.9 Å². The van der Waals surface area contributed by atoms with Crippen molar-refractivity contribution in [1.82, 2.24) is 0 Å². The molecule has 0 aromatic heterocycles. The summed E-state index contributed by atoms with van der Waals surface area (Å²) in [5.41, 5.74) is 0.220. The van der Waals surface area contributed by atoms with E-state index in [1.165, 1.54) is 18.2 Å². The minimum absolute atomic E-state index is 0.0839. The van der Waals surface area contributed by atoms with E-state index in [0.717, 1.165) is 0 Å². The number of aliphatic hydroxyl groups excluding tert-OH is 2. The van der Waals surface area contributed by atoms with Crippen molar-refractivity contribution >= 4 is 5.69 Å². The zero-order chi connectivity index (χ0) is 13.0. The number of nitro groups is 1. The van der Waals surface area contributed by atoms with E-state index in [-0.39, 0.29) is 18.0 Å². The lowest BCUT2D eigenvalue weighted by Gasteiger charge is -2.17. The van der Waals surface area contributed by atoms with Gasteiger partial charge in [0.15, 0.2) is 5.75 Å². The van der Waals surface area contributed by atoms with Gasteiger partial charge in [-0.1, -0.05) is 6.07 Å². The summed E-state index contributed by atoms with van der Waals surface area (Å²) in [5.74, 6) is 0.0839. The van der Waals surface area contributed by atoms with Crippen LogP contribution in [0.25, 0.3) is 0 Å². The van der Waals surface area contributed by atoms with Crippen LogP contribution < -0.4 is 4.74 Å². The van der Waals surface area contributed by atoms with Crippen molar-refractivity contribution in [3.8, 4) is 5.75 Å². The van der Waals surface area contributed by atoms with Gasteiger partial charge >= 0.3 is 5.69 Å². The lowest BCUT2D eigenvalue weighted by atomic mass is 10.2. The van der Waals surface area contributed by atoms with Crippen molar-refractivity contribution in [2.75, 3.05) is 0 Å². The number of nitrogens with zero attached hydrogens (tertiary/aromatic N) is 1. The highest BCUT2D eigenvalue weighted by molar-refractivity contribution is 5.48. The fraction of sp³-hybridized carbons (Fsp3) is 0.455. The van der Waals surface area contributed by atoms with Gasteiger partial charge in [-0.05, 0) is 25.5 Å². The number of hydrogen-bond donors (Lipinski definition) is 2. The molecule has 1 aromatic rings. The lowest BCUT2D eigenvalue weighted by Crippen LogP contribution is -2.25. The van der Waals surface area contributed by atoms with E-state index < -0.39 is 17.1 Å². The van der Waals surface area contributed by atoms with Gasteiger partial charge in [0.25, 0.3) is 0 Å². The second kappa shape index (κ2) is 5.60. The van der Waals surface area contributed by atoms with E-state index in [1.54, 1.807) is 13.8 Å². The van der Waals surface area contributed by atoms with Crippen LogP contribution in [-0.2, 0) is 6.61 Å². The fourth-order valence-corrected chi connectivity index (χ4v) is 1.20. The maximum absolute atomic E-state index is 10.8. The molecule has 0 bridgehead atoms. The first-order chi connectivity index (χ1) is 7.95. The molecule has 2 unspecified atom stereocenters. The molecule has 94 valence electrons. The third-order valence-electron chi connectivity index (χ3n) is 2.39.